The first-order chi connectivity index (χ1) is 22.7. The van der Waals surface area contributed by atoms with Crippen molar-refractivity contribution in [2.45, 2.75) is 52.4 Å². The second-order valence-electron chi connectivity index (χ2n) is 11.4. The smallest absolute Gasteiger partial charge is 0.196 e. The Kier molecular flexibility index (Phi) is 9.85. The average molecular weight is 629 g/mol. The van der Waals surface area contributed by atoms with E-state index in [1.807, 2.05) is 6.07 Å². The number of hydrogen-bond acceptors (Lipinski definition) is 8. The van der Waals surface area contributed by atoms with Crippen LogP contribution in [0.2, 0.25) is 0 Å². The van der Waals surface area contributed by atoms with Crippen LogP contribution in [0, 0.1) is 0 Å². The molecule has 5 N–H and O–H groups in total. The molecule has 0 bridgehead atoms. The van der Waals surface area contributed by atoms with Gasteiger partial charge in [0.15, 0.2) is 23.1 Å². The monoisotopic (exact) mass is 628 g/mol. The standard InChI is InChI=1S/C19H16N2O2.C14H10N2O2.C5H10O/c1-2-3-8-15-20-14-10-9-13-16(17(14)21-15)19(23)12-7-5-4-6-11(12)18(13)22;15-10-6-5-9-11(12(10)16)14(18)8-4-2-1-3-7(8)13(9)17;1-2-3-4-5-6/h4-7,9-10H,2-3,8H2,1H3,(H,20,21);1-6H,15-16H2;5H,2-4H2,1H3. The predicted molar refractivity (Wildman–Crippen MR) is 182 cm³/mol. The molecule has 0 radical (unpaired) electrons. The van der Waals surface area contributed by atoms with Crippen molar-refractivity contribution >= 4 is 51.8 Å². The zero-order chi connectivity index (χ0) is 33.7. The SMILES string of the molecule is CCCCC=O.CCCCc1nc2c3c(ccc2[nH]1)C(=O)c1ccccc1C3=O.Nc1ccc2c(c1N)C(=O)c1ccccc1C2=O. The molecule has 7 rings (SSSR count). The Hall–Kier alpha value is -5.70. The maximum atomic E-state index is 12.9. The first-order valence-corrected chi connectivity index (χ1v) is 15.7. The lowest BCUT2D eigenvalue weighted by Gasteiger charge is -2.19. The number of nitrogen functional groups attached to an aromatic ring is 2. The normalized spacial score (nSPS) is 12.6. The number of anilines is 2. The van der Waals surface area contributed by atoms with Crippen LogP contribution in [0.3, 0.4) is 0 Å². The average Bonchev–Trinajstić information content (AvgIpc) is 3.52. The van der Waals surface area contributed by atoms with Crippen molar-refractivity contribution in [3.05, 3.63) is 123 Å². The van der Waals surface area contributed by atoms with Crippen molar-refractivity contribution in [1.82, 2.24) is 9.97 Å². The van der Waals surface area contributed by atoms with Crippen LogP contribution in [0.15, 0.2) is 72.8 Å². The minimum atomic E-state index is -0.245. The van der Waals surface area contributed by atoms with Crippen LogP contribution in [-0.4, -0.2) is 39.4 Å². The van der Waals surface area contributed by atoms with Crippen molar-refractivity contribution in [1.29, 1.82) is 0 Å². The third kappa shape index (κ3) is 6.24. The fourth-order valence-corrected chi connectivity index (χ4v) is 5.68. The summed E-state index contributed by atoms with van der Waals surface area (Å²) in [6.07, 6.45) is 6.83. The minimum Gasteiger partial charge on any atom is -0.397 e. The Labute approximate surface area is 272 Å². The highest BCUT2D eigenvalue weighted by molar-refractivity contribution is 6.32. The molecule has 0 aliphatic heterocycles. The topological polar surface area (TPSA) is 166 Å². The number of ketones is 4. The molecular weight excluding hydrogens is 592 g/mol. The van der Waals surface area contributed by atoms with Gasteiger partial charge >= 0.3 is 0 Å². The van der Waals surface area contributed by atoms with Gasteiger partial charge in [0, 0.05) is 46.2 Å². The number of aromatic nitrogens is 2. The van der Waals surface area contributed by atoms with E-state index in [1.165, 1.54) is 0 Å². The fraction of sp³-hybridized carbons (Fsp3) is 0.211. The van der Waals surface area contributed by atoms with Gasteiger partial charge in [0.1, 0.15) is 17.6 Å². The Morgan fingerprint density at radius 2 is 1.15 bits per heavy atom. The molecular formula is C38H36N4O5. The molecule has 0 unspecified atom stereocenters. The summed E-state index contributed by atoms with van der Waals surface area (Å²) < 4.78 is 0. The summed E-state index contributed by atoms with van der Waals surface area (Å²) in [6.45, 7) is 4.20. The third-order valence-corrected chi connectivity index (χ3v) is 8.20. The van der Waals surface area contributed by atoms with Gasteiger partial charge in [-0.05, 0) is 37.1 Å². The first-order valence-electron chi connectivity index (χ1n) is 15.7. The Morgan fingerprint density at radius 1 is 0.638 bits per heavy atom. The van der Waals surface area contributed by atoms with Crippen LogP contribution >= 0.6 is 0 Å². The summed E-state index contributed by atoms with van der Waals surface area (Å²) in [6, 6.07) is 20.4. The number of rotatable bonds is 6. The zero-order valence-corrected chi connectivity index (χ0v) is 26.4. The molecule has 0 spiro atoms. The Balaban J connectivity index is 0.000000161. The number of nitrogens with two attached hydrogens (primary N) is 2. The molecule has 9 nitrogen and oxygen atoms in total. The van der Waals surface area contributed by atoms with Crippen molar-refractivity contribution in [2.75, 3.05) is 11.5 Å². The number of hydrogen-bond donors (Lipinski definition) is 3. The molecule has 9 heteroatoms. The second kappa shape index (κ2) is 14.2. The molecule has 0 fully saturated rings. The number of aldehydes is 1. The lowest BCUT2D eigenvalue weighted by Crippen LogP contribution is -2.22. The van der Waals surface area contributed by atoms with Gasteiger partial charge < -0.3 is 21.2 Å². The molecule has 0 amide bonds. The minimum absolute atomic E-state index is 0.102. The Bertz CT molecular complexity index is 2040. The van der Waals surface area contributed by atoms with E-state index in [9.17, 15) is 24.0 Å². The number of carbonyl (C=O) groups excluding carboxylic acids is 5. The number of nitrogens with zero attached hydrogens (tertiary/aromatic N) is 1. The second-order valence-corrected chi connectivity index (χ2v) is 11.4. The van der Waals surface area contributed by atoms with Crippen molar-refractivity contribution in [2.24, 2.45) is 0 Å². The summed E-state index contributed by atoms with van der Waals surface area (Å²) in [5.41, 5.74) is 16.6. The zero-order valence-electron chi connectivity index (χ0n) is 26.4. The number of benzene rings is 4. The van der Waals surface area contributed by atoms with Crippen molar-refractivity contribution in [3.63, 3.8) is 0 Å². The van der Waals surface area contributed by atoms with E-state index >= 15 is 0 Å². The maximum absolute atomic E-state index is 12.9. The highest BCUT2D eigenvalue weighted by atomic mass is 16.1. The van der Waals surface area contributed by atoms with E-state index in [4.69, 9.17) is 11.5 Å². The van der Waals surface area contributed by atoms with E-state index in [1.54, 1.807) is 66.7 Å². The molecule has 1 aromatic heterocycles. The van der Waals surface area contributed by atoms with Gasteiger partial charge in [0.25, 0.3) is 0 Å². The van der Waals surface area contributed by atoms with E-state index in [0.717, 1.165) is 56.2 Å². The van der Waals surface area contributed by atoms with E-state index in [-0.39, 0.29) is 34.4 Å². The number of carbonyl (C=O) groups is 5. The van der Waals surface area contributed by atoms with Gasteiger partial charge in [-0.25, -0.2) is 4.98 Å². The molecule has 4 aromatic carbocycles. The van der Waals surface area contributed by atoms with Gasteiger partial charge in [-0.15, -0.1) is 0 Å². The van der Waals surface area contributed by atoms with Crippen LogP contribution in [0.25, 0.3) is 11.0 Å². The highest BCUT2D eigenvalue weighted by Crippen LogP contribution is 2.34. The van der Waals surface area contributed by atoms with Crippen molar-refractivity contribution < 1.29 is 24.0 Å². The third-order valence-electron chi connectivity index (χ3n) is 8.20. The molecule has 2 aliphatic carbocycles. The number of unbranched alkanes of at least 4 members (excludes halogenated alkanes) is 3. The number of aryl methyl sites for hydroxylation is 1. The van der Waals surface area contributed by atoms with E-state index in [0.29, 0.717) is 50.1 Å². The number of nitrogens with one attached hydrogen (secondary N) is 1. The number of H-pyrrole nitrogens is 1. The van der Waals surface area contributed by atoms with Gasteiger partial charge in [-0.1, -0.05) is 75.2 Å². The molecule has 0 saturated heterocycles. The van der Waals surface area contributed by atoms with Crippen LogP contribution < -0.4 is 11.5 Å². The Morgan fingerprint density at radius 3 is 1.68 bits per heavy atom. The molecule has 2 aliphatic rings. The summed E-state index contributed by atoms with van der Waals surface area (Å²) >= 11 is 0. The lowest BCUT2D eigenvalue weighted by atomic mass is 9.83. The van der Waals surface area contributed by atoms with Gasteiger partial charge in [0.05, 0.1) is 28.0 Å². The summed E-state index contributed by atoms with van der Waals surface area (Å²) in [5, 5.41) is 0. The first kappa shape index (κ1) is 32.7. The van der Waals surface area contributed by atoms with E-state index < -0.39 is 0 Å². The van der Waals surface area contributed by atoms with Gasteiger partial charge in [-0.2, -0.15) is 0 Å². The van der Waals surface area contributed by atoms with E-state index in [2.05, 4.69) is 23.8 Å². The molecule has 238 valence electrons. The summed E-state index contributed by atoms with van der Waals surface area (Å²) in [5.74, 6) is 0.218. The van der Waals surface area contributed by atoms with Gasteiger partial charge in [-0.3, -0.25) is 19.2 Å². The number of fused-ring (bicyclic) bond motifs is 6. The van der Waals surface area contributed by atoms with Crippen LogP contribution in [0.4, 0.5) is 11.4 Å². The summed E-state index contributed by atoms with van der Waals surface area (Å²) in [4.78, 5) is 67.6. The van der Waals surface area contributed by atoms with Crippen molar-refractivity contribution in [3.8, 4) is 0 Å². The fourth-order valence-electron chi connectivity index (χ4n) is 5.68. The number of imidazole rings is 1. The summed E-state index contributed by atoms with van der Waals surface area (Å²) in [7, 11) is 0. The predicted octanol–water partition coefficient (Wildman–Crippen LogP) is 6.68. The molecule has 5 aromatic rings. The molecule has 0 atom stereocenters. The van der Waals surface area contributed by atoms with Crippen LogP contribution in [0.5, 0.6) is 0 Å². The number of aromatic amines is 1. The molecule has 1 heterocycles. The molecule has 0 saturated carbocycles. The van der Waals surface area contributed by atoms with Gasteiger partial charge in [0.2, 0.25) is 0 Å². The lowest BCUT2D eigenvalue weighted by molar-refractivity contribution is -0.107. The quantitative estimate of drug-likeness (QED) is 0.104. The highest BCUT2D eigenvalue weighted by Gasteiger charge is 2.33. The van der Waals surface area contributed by atoms with Crippen LogP contribution in [-0.2, 0) is 11.2 Å². The largest absolute Gasteiger partial charge is 0.397 e. The maximum Gasteiger partial charge on any atom is 0.196 e. The van der Waals surface area contributed by atoms with Crippen LogP contribution in [0.1, 0.15) is 115 Å². The molecule has 47 heavy (non-hydrogen) atoms.